The first kappa shape index (κ1) is 11.6. The summed E-state index contributed by atoms with van der Waals surface area (Å²) in [7, 11) is 0. The van der Waals surface area contributed by atoms with Gasteiger partial charge in [0.25, 0.3) is 0 Å². The van der Waals surface area contributed by atoms with Gasteiger partial charge in [-0.3, -0.25) is 4.90 Å². The van der Waals surface area contributed by atoms with Crippen molar-refractivity contribution in [2.45, 2.75) is 25.8 Å². The topological polar surface area (TPSA) is 29.3 Å². The van der Waals surface area contributed by atoms with Crippen molar-refractivity contribution < 1.29 is 0 Å². The molecule has 0 saturated carbocycles. The highest BCUT2D eigenvalue weighted by Crippen LogP contribution is 2.17. The molecule has 2 rings (SSSR count). The van der Waals surface area contributed by atoms with Crippen LogP contribution in [0, 0.1) is 5.92 Å². The predicted molar refractivity (Wildman–Crippen MR) is 68.1 cm³/mol. The predicted octanol–water partition coefficient (Wildman–Crippen LogP) is 2.25. The molecule has 88 valence electrons. The number of nitrogens with zero attached hydrogens (tertiary/aromatic N) is 1. The van der Waals surface area contributed by atoms with Crippen molar-refractivity contribution in [3.8, 4) is 0 Å². The van der Waals surface area contributed by atoms with Gasteiger partial charge in [-0.25, -0.2) is 0 Å². The van der Waals surface area contributed by atoms with Crippen molar-refractivity contribution in [2.75, 3.05) is 19.6 Å². The van der Waals surface area contributed by atoms with E-state index >= 15 is 0 Å². The van der Waals surface area contributed by atoms with Gasteiger partial charge in [0, 0.05) is 13.1 Å². The quantitative estimate of drug-likeness (QED) is 0.843. The van der Waals surface area contributed by atoms with Crippen LogP contribution in [0.25, 0.3) is 0 Å². The first-order valence-electron chi connectivity index (χ1n) is 6.35. The Morgan fingerprint density at radius 3 is 2.75 bits per heavy atom. The summed E-state index contributed by atoms with van der Waals surface area (Å²) in [4.78, 5) is 2.56. The van der Waals surface area contributed by atoms with Crippen molar-refractivity contribution in [2.24, 2.45) is 11.7 Å². The maximum absolute atomic E-state index is 5.80. The molecule has 1 heterocycles. The first-order chi connectivity index (χ1) is 7.88. The molecule has 1 aliphatic rings. The summed E-state index contributed by atoms with van der Waals surface area (Å²) < 4.78 is 0. The van der Waals surface area contributed by atoms with Gasteiger partial charge < -0.3 is 5.73 Å². The molecular weight excluding hydrogens is 196 g/mol. The maximum Gasteiger partial charge on any atom is 0.0233 e. The van der Waals surface area contributed by atoms with Crippen molar-refractivity contribution in [3.63, 3.8) is 0 Å². The Balaban J connectivity index is 1.93. The summed E-state index contributed by atoms with van der Waals surface area (Å²) in [6.07, 6.45) is 3.97. The van der Waals surface area contributed by atoms with Crippen molar-refractivity contribution >= 4 is 0 Å². The van der Waals surface area contributed by atoms with Gasteiger partial charge in [-0.15, -0.1) is 0 Å². The van der Waals surface area contributed by atoms with Gasteiger partial charge >= 0.3 is 0 Å². The first-order valence-corrected chi connectivity index (χ1v) is 6.35. The van der Waals surface area contributed by atoms with E-state index in [0.29, 0.717) is 5.92 Å². The Bertz CT molecular complexity index is 297. The van der Waals surface area contributed by atoms with Gasteiger partial charge in [0.2, 0.25) is 0 Å². The lowest BCUT2D eigenvalue weighted by atomic mass is 10.0. The van der Waals surface area contributed by atoms with Crippen molar-refractivity contribution in [1.82, 2.24) is 4.90 Å². The van der Waals surface area contributed by atoms with Gasteiger partial charge in [-0.05, 0) is 37.4 Å². The van der Waals surface area contributed by atoms with Crippen LogP contribution in [0.5, 0.6) is 0 Å². The van der Waals surface area contributed by atoms with E-state index in [1.807, 2.05) is 0 Å². The minimum Gasteiger partial charge on any atom is -0.330 e. The Kier molecular flexibility index (Phi) is 4.37. The number of hydrogen-bond donors (Lipinski definition) is 1. The lowest BCUT2D eigenvalue weighted by Gasteiger charge is -2.23. The molecule has 2 nitrogen and oxygen atoms in total. The number of nitrogens with two attached hydrogens (primary N) is 1. The minimum absolute atomic E-state index is 0.700. The van der Waals surface area contributed by atoms with Gasteiger partial charge in [0.1, 0.15) is 0 Å². The third kappa shape index (κ3) is 3.32. The highest BCUT2D eigenvalue weighted by atomic mass is 15.1. The van der Waals surface area contributed by atoms with Crippen molar-refractivity contribution in [3.05, 3.63) is 35.9 Å². The van der Waals surface area contributed by atoms with Crippen LogP contribution in [0.3, 0.4) is 0 Å². The van der Waals surface area contributed by atoms with E-state index in [2.05, 4.69) is 35.2 Å². The molecule has 0 aliphatic carbocycles. The molecule has 0 radical (unpaired) electrons. The Hall–Kier alpha value is -0.860. The molecule has 1 aromatic rings. The largest absolute Gasteiger partial charge is 0.330 e. The van der Waals surface area contributed by atoms with E-state index < -0.39 is 0 Å². The molecule has 0 aromatic heterocycles. The van der Waals surface area contributed by atoms with Crippen LogP contribution in [-0.4, -0.2) is 24.5 Å². The summed E-state index contributed by atoms with van der Waals surface area (Å²) in [5, 5.41) is 0. The molecular formula is C14H22N2. The molecule has 16 heavy (non-hydrogen) atoms. The van der Waals surface area contributed by atoms with Crippen LogP contribution in [-0.2, 0) is 6.54 Å². The van der Waals surface area contributed by atoms with E-state index in [0.717, 1.165) is 13.1 Å². The highest BCUT2D eigenvalue weighted by Gasteiger charge is 2.16. The molecule has 1 aromatic carbocycles. The molecule has 1 aliphatic heterocycles. The van der Waals surface area contributed by atoms with E-state index in [1.165, 1.54) is 37.9 Å². The fourth-order valence-electron chi connectivity index (χ4n) is 2.49. The van der Waals surface area contributed by atoms with Crippen molar-refractivity contribution in [1.29, 1.82) is 0 Å². The zero-order valence-corrected chi connectivity index (χ0v) is 9.94. The van der Waals surface area contributed by atoms with Gasteiger partial charge in [0.15, 0.2) is 0 Å². The lowest BCUT2D eigenvalue weighted by Crippen LogP contribution is -2.31. The second kappa shape index (κ2) is 6.02. The minimum atomic E-state index is 0.700. The number of benzene rings is 1. The average molecular weight is 218 g/mol. The third-order valence-electron chi connectivity index (χ3n) is 3.44. The second-order valence-electron chi connectivity index (χ2n) is 4.82. The highest BCUT2D eigenvalue weighted by molar-refractivity contribution is 5.14. The van der Waals surface area contributed by atoms with E-state index in [9.17, 15) is 0 Å². The Morgan fingerprint density at radius 1 is 1.19 bits per heavy atom. The maximum atomic E-state index is 5.80. The summed E-state index contributed by atoms with van der Waals surface area (Å²) >= 11 is 0. The van der Waals surface area contributed by atoms with Gasteiger partial charge in [-0.1, -0.05) is 36.8 Å². The smallest absolute Gasteiger partial charge is 0.0233 e. The Labute approximate surface area is 98.4 Å². The summed E-state index contributed by atoms with van der Waals surface area (Å²) in [5.74, 6) is 0.700. The van der Waals surface area contributed by atoms with Gasteiger partial charge in [0.05, 0.1) is 0 Å². The fraction of sp³-hybridized carbons (Fsp3) is 0.571. The molecule has 2 N–H and O–H groups in total. The zero-order chi connectivity index (χ0) is 11.2. The molecule has 2 heteroatoms. The summed E-state index contributed by atoms with van der Waals surface area (Å²) in [6, 6.07) is 10.7. The van der Waals surface area contributed by atoms with E-state index in [4.69, 9.17) is 5.73 Å². The third-order valence-corrected chi connectivity index (χ3v) is 3.44. The lowest BCUT2D eigenvalue weighted by molar-refractivity contribution is 0.243. The number of rotatable bonds is 3. The standard InChI is InChI=1S/C14H22N2/c15-10-14-8-4-5-9-16(12-14)11-13-6-2-1-3-7-13/h1-3,6-7,14H,4-5,8-12,15H2. The molecule has 1 saturated heterocycles. The second-order valence-corrected chi connectivity index (χ2v) is 4.82. The van der Waals surface area contributed by atoms with Crippen LogP contribution in [0.2, 0.25) is 0 Å². The summed E-state index contributed by atoms with van der Waals surface area (Å²) in [6.45, 7) is 4.32. The SMILES string of the molecule is NCC1CCCCN(Cc2ccccc2)C1. The molecule has 1 atom stereocenters. The number of hydrogen-bond acceptors (Lipinski definition) is 2. The fourth-order valence-corrected chi connectivity index (χ4v) is 2.49. The van der Waals surface area contributed by atoms with Gasteiger partial charge in [-0.2, -0.15) is 0 Å². The van der Waals surface area contributed by atoms with Crippen LogP contribution in [0.4, 0.5) is 0 Å². The van der Waals surface area contributed by atoms with Crippen LogP contribution in [0.15, 0.2) is 30.3 Å². The van der Waals surface area contributed by atoms with E-state index in [-0.39, 0.29) is 0 Å². The van der Waals surface area contributed by atoms with E-state index in [1.54, 1.807) is 0 Å². The average Bonchev–Trinajstić information content (AvgIpc) is 2.55. The Morgan fingerprint density at radius 2 is 2.00 bits per heavy atom. The molecule has 0 bridgehead atoms. The number of likely N-dealkylation sites (tertiary alicyclic amines) is 1. The molecule has 1 fully saturated rings. The monoisotopic (exact) mass is 218 g/mol. The molecule has 0 spiro atoms. The van der Waals surface area contributed by atoms with Crippen LogP contribution < -0.4 is 5.73 Å². The van der Waals surface area contributed by atoms with Crippen LogP contribution in [0.1, 0.15) is 24.8 Å². The normalized spacial score (nSPS) is 22.9. The molecule has 1 unspecified atom stereocenters. The van der Waals surface area contributed by atoms with Crippen LogP contribution >= 0.6 is 0 Å². The molecule has 0 amide bonds. The summed E-state index contributed by atoms with van der Waals surface area (Å²) in [5.41, 5.74) is 7.22. The zero-order valence-electron chi connectivity index (χ0n) is 9.94.